The van der Waals surface area contributed by atoms with Gasteiger partial charge in [-0.25, -0.2) is 9.78 Å². The molecule has 1 aliphatic heterocycles. The first kappa shape index (κ1) is 24.3. The highest BCUT2D eigenvalue weighted by Crippen LogP contribution is 2.29. The fraction of sp³-hybridized carbons (Fsp3) is 0.545. The predicted octanol–water partition coefficient (Wildman–Crippen LogP) is 3.90. The lowest BCUT2D eigenvalue weighted by atomic mass is 9.96. The lowest BCUT2D eigenvalue weighted by molar-refractivity contribution is -0.137. The van der Waals surface area contributed by atoms with Crippen LogP contribution in [-0.4, -0.2) is 46.0 Å². The van der Waals surface area contributed by atoms with Crippen molar-refractivity contribution in [2.45, 2.75) is 63.2 Å². The molecule has 0 unspecified atom stereocenters. The van der Waals surface area contributed by atoms with Crippen molar-refractivity contribution < 1.29 is 18.0 Å². The molecule has 2 aromatic heterocycles. The van der Waals surface area contributed by atoms with Gasteiger partial charge in [-0.3, -0.25) is 4.79 Å². The molecule has 2 amide bonds. The zero-order valence-electron chi connectivity index (χ0n) is 18.4. The quantitative estimate of drug-likeness (QED) is 0.667. The van der Waals surface area contributed by atoms with Crippen molar-refractivity contribution in [1.29, 1.82) is 0 Å². The maximum absolute atomic E-state index is 12.7. The summed E-state index contributed by atoms with van der Waals surface area (Å²) in [6, 6.07) is 2.02. The summed E-state index contributed by atoms with van der Waals surface area (Å²) in [7, 11) is 0. The molecular formula is C22H26ClF3N6O2. The second-order valence-electron chi connectivity index (χ2n) is 8.68. The molecule has 34 heavy (non-hydrogen) atoms. The van der Waals surface area contributed by atoms with E-state index in [1.807, 2.05) is 4.90 Å². The maximum atomic E-state index is 12.7. The van der Waals surface area contributed by atoms with Gasteiger partial charge >= 0.3 is 12.2 Å². The van der Waals surface area contributed by atoms with Crippen LogP contribution >= 0.6 is 11.6 Å². The van der Waals surface area contributed by atoms with Gasteiger partial charge in [0.25, 0.3) is 5.56 Å². The number of halogens is 4. The molecule has 0 bridgehead atoms. The molecule has 0 spiro atoms. The number of anilines is 1. The van der Waals surface area contributed by atoms with Crippen LogP contribution in [-0.2, 0) is 6.18 Å². The molecule has 2 fully saturated rings. The summed E-state index contributed by atoms with van der Waals surface area (Å²) in [5.74, 6) is -0.0571. The second kappa shape index (κ2) is 10.2. The van der Waals surface area contributed by atoms with Gasteiger partial charge in [0.2, 0.25) is 0 Å². The van der Waals surface area contributed by atoms with Gasteiger partial charge < -0.3 is 15.5 Å². The van der Waals surface area contributed by atoms with E-state index in [1.165, 1.54) is 12.6 Å². The van der Waals surface area contributed by atoms with Gasteiger partial charge in [-0.1, -0.05) is 30.9 Å². The van der Waals surface area contributed by atoms with E-state index in [9.17, 15) is 22.8 Å². The summed E-state index contributed by atoms with van der Waals surface area (Å²) in [5, 5.41) is 10.1. The number of piperidine rings is 1. The van der Waals surface area contributed by atoms with Crippen LogP contribution in [0.15, 0.2) is 29.3 Å². The number of urea groups is 1. The Morgan fingerprint density at radius 2 is 1.65 bits per heavy atom. The minimum absolute atomic E-state index is 0.0169. The summed E-state index contributed by atoms with van der Waals surface area (Å²) in [4.78, 5) is 30.6. The SMILES string of the molecule is O=C(NC1CCCCC1)NC1CCN(c2cnn(-c3ccc(C(F)(F)F)cn3)c(=O)c2Cl)CC1. The number of nitrogens with zero attached hydrogens (tertiary/aromatic N) is 4. The molecule has 2 aliphatic rings. The van der Waals surface area contributed by atoms with Gasteiger partial charge in [0.1, 0.15) is 5.02 Å². The third kappa shape index (κ3) is 5.63. The lowest BCUT2D eigenvalue weighted by Gasteiger charge is -2.34. The van der Waals surface area contributed by atoms with E-state index in [-0.39, 0.29) is 29.0 Å². The van der Waals surface area contributed by atoms with Crippen LogP contribution in [0.5, 0.6) is 0 Å². The Kier molecular flexibility index (Phi) is 7.30. The van der Waals surface area contributed by atoms with Gasteiger partial charge in [-0.15, -0.1) is 0 Å². The second-order valence-corrected chi connectivity index (χ2v) is 9.06. The molecule has 184 valence electrons. The van der Waals surface area contributed by atoms with E-state index in [2.05, 4.69) is 20.7 Å². The Balaban J connectivity index is 1.36. The largest absolute Gasteiger partial charge is 0.417 e. The molecule has 12 heteroatoms. The summed E-state index contributed by atoms with van der Waals surface area (Å²) in [6.45, 7) is 1.13. The van der Waals surface area contributed by atoms with E-state index in [4.69, 9.17) is 11.6 Å². The highest BCUT2D eigenvalue weighted by molar-refractivity contribution is 6.33. The monoisotopic (exact) mass is 498 g/mol. The van der Waals surface area contributed by atoms with Gasteiger partial charge in [0.15, 0.2) is 5.82 Å². The van der Waals surface area contributed by atoms with E-state index in [1.54, 1.807) is 0 Å². The maximum Gasteiger partial charge on any atom is 0.417 e. The van der Waals surface area contributed by atoms with Crippen molar-refractivity contribution >= 4 is 23.3 Å². The number of pyridine rings is 1. The summed E-state index contributed by atoms with van der Waals surface area (Å²) >= 11 is 6.31. The summed E-state index contributed by atoms with van der Waals surface area (Å²) < 4.78 is 39.1. The molecule has 4 rings (SSSR count). The number of aromatic nitrogens is 3. The average Bonchev–Trinajstić information content (AvgIpc) is 2.82. The van der Waals surface area contributed by atoms with Crippen LogP contribution in [0.25, 0.3) is 5.82 Å². The Bertz CT molecular complexity index is 1060. The van der Waals surface area contributed by atoms with Crippen molar-refractivity contribution in [2.24, 2.45) is 0 Å². The molecule has 1 saturated heterocycles. The lowest BCUT2D eigenvalue weighted by Crippen LogP contribution is -2.50. The average molecular weight is 499 g/mol. The standard InChI is InChI=1S/C22H26ClF3N6O2/c23-19-17(13-28-32(20(19)33)18-7-6-14(12-27-18)22(24,25)26)31-10-8-16(9-11-31)30-21(34)29-15-4-2-1-3-5-15/h6-7,12-13,15-16H,1-5,8-11H2,(H2,29,30,34). The first-order chi connectivity index (χ1) is 16.2. The number of rotatable bonds is 4. The zero-order chi connectivity index (χ0) is 24.3. The van der Waals surface area contributed by atoms with Crippen LogP contribution in [0.4, 0.5) is 23.7 Å². The zero-order valence-corrected chi connectivity index (χ0v) is 19.2. The fourth-order valence-electron chi connectivity index (χ4n) is 4.41. The summed E-state index contributed by atoms with van der Waals surface area (Å²) in [6.07, 6.45) is 4.44. The molecule has 2 aromatic rings. The Morgan fingerprint density at radius 1 is 1.00 bits per heavy atom. The third-order valence-corrected chi connectivity index (χ3v) is 6.66. The van der Waals surface area contributed by atoms with Crippen molar-refractivity contribution in [3.8, 4) is 5.82 Å². The minimum atomic E-state index is -4.52. The van der Waals surface area contributed by atoms with Crippen molar-refractivity contribution in [1.82, 2.24) is 25.4 Å². The van der Waals surface area contributed by atoms with E-state index < -0.39 is 17.3 Å². The van der Waals surface area contributed by atoms with Crippen LogP contribution in [0.3, 0.4) is 0 Å². The van der Waals surface area contributed by atoms with E-state index in [0.717, 1.165) is 42.5 Å². The molecule has 2 N–H and O–H groups in total. The van der Waals surface area contributed by atoms with Crippen molar-refractivity contribution in [3.63, 3.8) is 0 Å². The number of nitrogens with one attached hydrogen (secondary N) is 2. The normalized spacial score (nSPS) is 18.1. The predicted molar refractivity (Wildman–Crippen MR) is 121 cm³/mol. The smallest absolute Gasteiger partial charge is 0.369 e. The Hall–Kier alpha value is -2.82. The number of carbonyl (C=O) groups is 1. The molecule has 0 aromatic carbocycles. The van der Waals surface area contributed by atoms with Crippen LogP contribution in [0, 0.1) is 0 Å². The Labute approximate surface area is 199 Å². The van der Waals surface area contributed by atoms with Gasteiger partial charge in [-0.05, 0) is 37.8 Å². The molecule has 1 aliphatic carbocycles. The summed E-state index contributed by atoms with van der Waals surface area (Å²) in [5.41, 5.74) is -1.14. The molecule has 0 atom stereocenters. The van der Waals surface area contributed by atoms with E-state index in [0.29, 0.717) is 37.8 Å². The van der Waals surface area contributed by atoms with Gasteiger partial charge in [0, 0.05) is 31.4 Å². The highest BCUT2D eigenvalue weighted by atomic mass is 35.5. The van der Waals surface area contributed by atoms with Crippen molar-refractivity contribution in [3.05, 3.63) is 45.5 Å². The minimum Gasteiger partial charge on any atom is -0.369 e. The topological polar surface area (TPSA) is 92.2 Å². The number of hydrogen-bond acceptors (Lipinski definition) is 5. The molecular weight excluding hydrogens is 473 g/mol. The van der Waals surface area contributed by atoms with Gasteiger partial charge in [-0.2, -0.15) is 23.0 Å². The third-order valence-electron chi connectivity index (χ3n) is 6.30. The van der Waals surface area contributed by atoms with Crippen LogP contribution in [0.1, 0.15) is 50.5 Å². The molecule has 1 saturated carbocycles. The number of carbonyl (C=O) groups excluding carboxylic acids is 1. The fourth-order valence-corrected chi connectivity index (χ4v) is 4.66. The molecule has 3 heterocycles. The van der Waals surface area contributed by atoms with Crippen molar-refractivity contribution in [2.75, 3.05) is 18.0 Å². The number of amides is 2. The molecule has 8 nitrogen and oxygen atoms in total. The highest BCUT2D eigenvalue weighted by Gasteiger charge is 2.31. The number of hydrogen-bond donors (Lipinski definition) is 2. The van der Waals surface area contributed by atoms with Crippen LogP contribution in [0.2, 0.25) is 5.02 Å². The molecule has 0 radical (unpaired) electrons. The van der Waals surface area contributed by atoms with Crippen LogP contribution < -0.4 is 21.1 Å². The van der Waals surface area contributed by atoms with E-state index >= 15 is 0 Å². The number of alkyl halides is 3. The van der Waals surface area contributed by atoms with Gasteiger partial charge in [0.05, 0.1) is 17.4 Å². The first-order valence-corrected chi connectivity index (χ1v) is 11.7. The first-order valence-electron chi connectivity index (χ1n) is 11.4. The Morgan fingerprint density at radius 3 is 2.24 bits per heavy atom.